The molecule has 1 aromatic carbocycles. The molecule has 0 saturated carbocycles. The minimum Gasteiger partial charge on any atom is -0.388 e. The summed E-state index contributed by atoms with van der Waals surface area (Å²) in [6.45, 7) is 0. The minimum absolute atomic E-state index is 0.247. The molecule has 0 amide bonds. The third-order valence-corrected chi connectivity index (χ3v) is 2.11. The number of pyridine rings is 1. The third-order valence-electron chi connectivity index (χ3n) is 1.90. The molecule has 0 spiro atoms. The highest BCUT2D eigenvalue weighted by Gasteiger charge is 2.01. The predicted molar refractivity (Wildman–Crippen MR) is 57.6 cm³/mol. The number of halogens is 1. The molecule has 2 N–H and O–H groups in total. The van der Waals surface area contributed by atoms with Gasteiger partial charge in [0.2, 0.25) is 0 Å². The number of hydrogen-bond acceptors (Lipinski definition) is 2. The van der Waals surface area contributed by atoms with E-state index in [0.717, 1.165) is 5.39 Å². The van der Waals surface area contributed by atoms with E-state index in [1.165, 1.54) is 12.1 Å². The molecule has 2 nitrogen and oxygen atoms in total. The van der Waals surface area contributed by atoms with Crippen LogP contribution in [0.2, 0.25) is 0 Å². The molecular formula is C10H7FN2S. The van der Waals surface area contributed by atoms with Crippen LogP contribution < -0.4 is 5.73 Å². The molecular weight excluding hydrogens is 199 g/mol. The lowest BCUT2D eigenvalue weighted by atomic mass is 10.2. The molecule has 70 valence electrons. The second-order valence-electron chi connectivity index (χ2n) is 2.90. The molecule has 1 heterocycles. The van der Waals surface area contributed by atoms with E-state index in [0.29, 0.717) is 11.2 Å². The van der Waals surface area contributed by atoms with E-state index in [-0.39, 0.29) is 10.8 Å². The van der Waals surface area contributed by atoms with Crippen molar-refractivity contribution in [1.29, 1.82) is 0 Å². The van der Waals surface area contributed by atoms with Crippen molar-refractivity contribution in [2.75, 3.05) is 0 Å². The van der Waals surface area contributed by atoms with Crippen molar-refractivity contribution in [3.63, 3.8) is 0 Å². The van der Waals surface area contributed by atoms with Gasteiger partial charge in [0.05, 0.1) is 11.2 Å². The maximum atomic E-state index is 12.8. The summed E-state index contributed by atoms with van der Waals surface area (Å²) >= 11 is 4.79. The molecule has 1 aromatic heterocycles. The Morgan fingerprint density at radius 1 is 1.29 bits per heavy atom. The summed E-state index contributed by atoms with van der Waals surface area (Å²) in [5.74, 6) is -0.276. The molecule has 0 atom stereocenters. The number of hydrogen-bond donors (Lipinski definition) is 1. The van der Waals surface area contributed by atoms with Crippen LogP contribution in [0.25, 0.3) is 10.9 Å². The molecule has 14 heavy (non-hydrogen) atoms. The second-order valence-corrected chi connectivity index (χ2v) is 3.34. The van der Waals surface area contributed by atoms with Gasteiger partial charge in [-0.1, -0.05) is 18.3 Å². The third kappa shape index (κ3) is 1.56. The number of nitrogens with zero attached hydrogens (tertiary/aromatic N) is 1. The second kappa shape index (κ2) is 3.31. The van der Waals surface area contributed by atoms with Gasteiger partial charge in [0.15, 0.2) is 0 Å². The molecule has 0 fully saturated rings. The monoisotopic (exact) mass is 206 g/mol. The highest BCUT2D eigenvalue weighted by Crippen LogP contribution is 2.13. The van der Waals surface area contributed by atoms with E-state index in [2.05, 4.69) is 4.98 Å². The van der Waals surface area contributed by atoms with Gasteiger partial charge >= 0.3 is 0 Å². The fourth-order valence-corrected chi connectivity index (χ4v) is 1.35. The first-order valence-electron chi connectivity index (χ1n) is 4.03. The number of nitrogens with two attached hydrogens (primary N) is 1. The molecule has 4 heteroatoms. The number of aromatic nitrogens is 1. The first-order valence-corrected chi connectivity index (χ1v) is 4.44. The van der Waals surface area contributed by atoms with E-state index in [4.69, 9.17) is 18.0 Å². The van der Waals surface area contributed by atoms with E-state index < -0.39 is 0 Å². The van der Waals surface area contributed by atoms with Crippen molar-refractivity contribution in [2.24, 2.45) is 5.73 Å². The number of benzene rings is 1. The number of fused-ring (bicyclic) bond motifs is 1. The average molecular weight is 206 g/mol. The van der Waals surface area contributed by atoms with Crippen molar-refractivity contribution in [2.45, 2.75) is 0 Å². The Kier molecular flexibility index (Phi) is 2.13. The Bertz CT molecular complexity index is 510. The summed E-state index contributed by atoms with van der Waals surface area (Å²) in [6, 6.07) is 7.82. The van der Waals surface area contributed by atoms with Gasteiger partial charge in [0.25, 0.3) is 0 Å². The predicted octanol–water partition coefficient (Wildman–Crippen LogP) is 2.01. The topological polar surface area (TPSA) is 38.9 Å². The van der Waals surface area contributed by atoms with E-state index >= 15 is 0 Å². The lowest BCUT2D eigenvalue weighted by molar-refractivity contribution is 0.629. The average Bonchev–Trinajstić information content (AvgIpc) is 2.16. The van der Waals surface area contributed by atoms with E-state index in [1.54, 1.807) is 18.2 Å². The van der Waals surface area contributed by atoms with Crippen molar-refractivity contribution < 1.29 is 4.39 Å². The highest BCUT2D eigenvalue weighted by molar-refractivity contribution is 7.80. The number of thiocarbonyl (C=S) groups is 1. The SMILES string of the molecule is NC(=S)c1ccc2cc(F)ccc2n1. The first kappa shape index (κ1) is 9.02. The van der Waals surface area contributed by atoms with Crippen LogP contribution in [-0.2, 0) is 0 Å². The van der Waals surface area contributed by atoms with Crippen LogP contribution in [-0.4, -0.2) is 9.97 Å². The molecule has 0 aliphatic carbocycles. The summed E-state index contributed by atoms with van der Waals surface area (Å²) in [4.78, 5) is 4.43. The van der Waals surface area contributed by atoms with E-state index in [9.17, 15) is 4.39 Å². The van der Waals surface area contributed by atoms with Crippen LogP contribution >= 0.6 is 12.2 Å². The molecule has 0 aliphatic rings. The van der Waals surface area contributed by atoms with Crippen molar-refractivity contribution in [3.8, 4) is 0 Å². The van der Waals surface area contributed by atoms with Crippen LogP contribution in [0.3, 0.4) is 0 Å². The van der Waals surface area contributed by atoms with Crippen LogP contribution in [0.15, 0.2) is 30.3 Å². The quantitative estimate of drug-likeness (QED) is 0.725. The zero-order valence-electron chi connectivity index (χ0n) is 7.20. The Morgan fingerprint density at radius 2 is 2.07 bits per heavy atom. The van der Waals surface area contributed by atoms with Gasteiger partial charge in [-0.25, -0.2) is 9.37 Å². The van der Waals surface area contributed by atoms with Crippen LogP contribution in [0.5, 0.6) is 0 Å². The largest absolute Gasteiger partial charge is 0.388 e. The summed E-state index contributed by atoms with van der Waals surface area (Å²) in [5.41, 5.74) is 6.68. The normalized spacial score (nSPS) is 10.4. The minimum atomic E-state index is -0.276. The summed E-state index contributed by atoms with van der Waals surface area (Å²) in [5, 5.41) is 0.741. The van der Waals surface area contributed by atoms with Gasteiger partial charge in [0.1, 0.15) is 10.8 Å². The molecule has 0 bridgehead atoms. The van der Waals surface area contributed by atoms with E-state index in [1.807, 2.05) is 0 Å². The Labute approximate surface area is 85.6 Å². The zero-order valence-corrected chi connectivity index (χ0v) is 8.01. The van der Waals surface area contributed by atoms with Crippen molar-refractivity contribution in [3.05, 3.63) is 41.8 Å². The van der Waals surface area contributed by atoms with Gasteiger partial charge < -0.3 is 5.73 Å². The van der Waals surface area contributed by atoms with Gasteiger partial charge in [-0.3, -0.25) is 0 Å². The zero-order chi connectivity index (χ0) is 10.1. The summed E-state index contributed by atoms with van der Waals surface area (Å²) in [7, 11) is 0. The van der Waals surface area contributed by atoms with Crippen LogP contribution in [0, 0.1) is 5.82 Å². The smallest absolute Gasteiger partial charge is 0.123 e. The highest BCUT2D eigenvalue weighted by atomic mass is 32.1. The molecule has 0 radical (unpaired) electrons. The standard InChI is InChI=1S/C10H7FN2S/c11-7-2-4-8-6(5-7)1-3-9(13-8)10(12)14/h1-5H,(H2,12,14). The lowest BCUT2D eigenvalue weighted by Crippen LogP contribution is -2.11. The fourth-order valence-electron chi connectivity index (χ4n) is 1.23. The molecule has 2 aromatic rings. The van der Waals surface area contributed by atoms with Gasteiger partial charge in [-0.05, 0) is 24.3 Å². The maximum Gasteiger partial charge on any atom is 0.123 e. The van der Waals surface area contributed by atoms with Crippen molar-refractivity contribution >= 4 is 28.1 Å². The Morgan fingerprint density at radius 3 is 2.79 bits per heavy atom. The van der Waals surface area contributed by atoms with Gasteiger partial charge in [0, 0.05) is 5.39 Å². The fraction of sp³-hybridized carbons (Fsp3) is 0. The van der Waals surface area contributed by atoms with Crippen molar-refractivity contribution in [1.82, 2.24) is 4.98 Å². The van der Waals surface area contributed by atoms with Crippen LogP contribution in [0.1, 0.15) is 5.69 Å². The van der Waals surface area contributed by atoms with Crippen LogP contribution in [0.4, 0.5) is 4.39 Å². The first-order chi connectivity index (χ1) is 6.66. The van der Waals surface area contributed by atoms with Gasteiger partial charge in [-0.15, -0.1) is 0 Å². The summed E-state index contributed by atoms with van der Waals surface area (Å²) in [6.07, 6.45) is 0. The molecule has 0 unspecified atom stereocenters. The molecule has 0 aliphatic heterocycles. The molecule has 0 saturated heterocycles. The Balaban J connectivity index is 2.67. The number of rotatable bonds is 1. The molecule has 2 rings (SSSR count). The Hall–Kier alpha value is -1.55. The summed E-state index contributed by atoms with van der Waals surface area (Å²) < 4.78 is 12.8. The maximum absolute atomic E-state index is 12.8. The van der Waals surface area contributed by atoms with Gasteiger partial charge in [-0.2, -0.15) is 0 Å². The lowest BCUT2D eigenvalue weighted by Gasteiger charge is -2.00.